The van der Waals surface area contributed by atoms with Gasteiger partial charge in [0.1, 0.15) is 5.75 Å². The van der Waals surface area contributed by atoms with Crippen LogP contribution in [0, 0.1) is 5.92 Å². The van der Waals surface area contributed by atoms with Crippen molar-refractivity contribution in [2.75, 3.05) is 13.2 Å². The Hall–Kier alpha value is -1.84. The second kappa shape index (κ2) is 7.88. The summed E-state index contributed by atoms with van der Waals surface area (Å²) in [5, 5.41) is 21.3. The van der Waals surface area contributed by atoms with E-state index in [1.807, 2.05) is 19.1 Å². The molecular formula is C25H32O3. The number of fused-ring (bicyclic) bond motifs is 3. The molecule has 3 nitrogen and oxygen atoms in total. The van der Waals surface area contributed by atoms with Gasteiger partial charge < -0.3 is 14.9 Å². The van der Waals surface area contributed by atoms with Gasteiger partial charge in [0.05, 0.1) is 5.60 Å². The predicted octanol–water partition coefficient (Wildman–Crippen LogP) is 4.78. The maximum absolute atomic E-state index is 11.3. The molecular weight excluding hydrogens is 348 g/mol. The Morgan fingerprint density at radius 1 is 1.11 bits per heavy atom. The van der Waals surface area contributed by atoms with E-state index in [2.05, 4.69) is 36.4 Å². The highest BCUT2D eigenvalue weighted by atomic mass is 16.5. The standard InChI is InChI=1S/C25H32O3/c1-2-28-15-14-24(27)12-13-25(17-19-6-4-3-5-7-19)21(18-24)9-8-20-16-22(26)10-11-23(20)25/h3-7,10-11,16,21,26-27H,2,8-9,12-15,17-18H2,1H3/t21-,24+,25+/m1/s1. The quantitative estimate of drug-likeness (QED) is 0.709. The average Bonchev–Trinajstić information content (AvgIpc) is 2.69. The van der Waals surface area contributed by atoms with Crippen molar-refractivity contribution in [1.29, 1.82) is 0 Å². The second-order valence-electron chi connectivity index (χ2n) is 8.77. The largest absolute Gasteiger partial charge is 0.508 e. The van der Waals surface area contributed by atoms with E-state index < -0.39 is 5.60 Å². The molecule has 0 unspecified atom stereocenters. The van der Waals surface area contributed by atoms with Gasteiger partial charge in [0.2, 0.25) is 0 Å². The molecule has 1 fully saturated rings. The molecule has 0 heterocycles. The van der Waals surface area contributed by atoms with Crippen molar-refractivity contribution in [2.45, 2.75) is 62.9 Å². The van der Waals surface area contributed by atoms with Crippen LogP contribution in [-0.2, 0) is 23.0 Å². The fraction of sp³-hybridized carbons (Fsp3) is 0.520. The summed E-state index contributed by atoms with van der Waals surface area (Å²) in [5.74, 6) is 0.807. The van der Waals surface area contributed by atoms with Gasteiger partial charge in [-0.25, -0.2) is 0 Å². The van der Waals surface area contributed by atoms with E-state index in [1.54, 1.807) is 0 Å². The number of hydrogen-bond acceptors (Lipinski definition) is 3. The minimum Gasteiger partial charge on any atom is -0.508 e. The van der Waals surface area contributed by atoms with Crippen LogP contribution in [0.2, 0.25) is 0 Å². The Morgan fingerprint density at radius 2 is 1.93 bits per heavy atom. The maximum Gasteiger partial charge on any atom is 0.115 e. The Morgan fingerprint density at radius 3 is 2.71 bits per heavy atom. The first kappa shape index (κ1) is 19.5. The highest BCUT2D eigenvalue weighted by Gasteiger charge is 2.51. The second-order valence-corrected chi connectivity index (χ2v) is 8.77. The third-order valence-electron chi connectivity index (χ3n) is 7.11. The Balaban J connectivity index is 1.67. The molecule has 0 bridgehead atoms. The Bertz CT molecular complexity index is 803. The average molecular weight is 381 g/mol. The number of phenols is 1. The molecule has 4 rings (SSSR count). The number of aryl methyl sites for hydroxylation is 1. The summed E-state index contributed by atoms with van der Waals surface area (Å²) in [6, 6.07) is 16.7. The maximum atomic E-state index is 11.3. The molecule has 2 aliphatic carbocycles. The first-order chi connectivity index (χ1) is 13.5. The SMILES string of the molecule is CCOCC[C@@]1(O)CC[C@@]2(Cc3ccccc3)c3ccc(O)cc3CC[C@@H]2C1. The van der Waals surface area contributed by atoms with Crippen LogP contribution in [0.25, 0.3) is 0 Å². The topological polar surface area (TPSA) is 49.7 Å². The smallest absolute Gasteiger partial charge is 0.115 e. The lowest BCUT2D eigenvalue weighted by Gasteiger charge is -2.53. The molecule has 2 aromatic carbocycles. The number of benzene rings is 2. The molecule has 0 aliphatic heterocycles. The summed E-state index contributed by atoms with van der Waals surface area (Å²) in [4.78, 5) is 0. The monoisotopic (exact) mass is 380 g/mol. The number of aliphatic hydroxyl groups is 1. The molecule has 2 N–H and O–H groups in total. The van der Waals surface area contributed by atoms with Gasteiger partial charge in [0.25, 0.3) is 0 Å². The van der Waals surface area contributed by atoms with Gasteiger partial charge in [-0.2, -0.15) is 0 Å². The molecule has 0 aromatic heterocycles. The van der Waals surface area contributed by atoms with E-state index in [9.17, 15) is 10.2 Å². The van der Waals surface area contributed by atoms with Crippen LogP contribution in [0.4, 0.5) is 0 Å². The van der Waals surface area contributed by atoms with Crippen molar-refractivity contribution in [3.63, 3.8) is 0 Å². The van der Waals surface area contributed by atoms with Crippen LogP contribution < -0.4 is 0 Å². The van der Waals surface area contributed by atoms with E-state index in [-0.39, 0.29) is 5.41 Å². The zero-order valence-corrected chi connectivity index (χ0v) is 16.9. The van der Waals surface area contributed by atoms with Gasteiger partial charge in [-0.05, 0) is 86.6 Å². The molecule has 3 heteroatoms. The van der Waals surface area contributed by atoms with Crippen LogP contribution in [-0.4, -0.2) is 29.0 Å². The summed E-state index contributed by atoms with van der Waals surface area (Å²) < 4.78 is 5.54. The predicted molar refractivity (Wildman–Crippen MR) is 112 cm³/mol. The van der Waals surface area contributed by atoms with Crippen LogP contribution in [0.15, 0.2) is 48.5 Å². The van der Waals surface area contributed by atoms with Gasteiger partial charge in [-0.1, -0.05) is 36.4 Å². The lowest BCUT2D eigenvalue weighted by molar-refractivity contribution is -0.0692. The molecule has 0 saturated heterocycles. The molecule has 2 aromatic rings. The Kier molecular flexibility index (Phi) is 5.48. The number of ether oxygens (including phenoxy) is 1. The van der Waals surface area contributed by atoms with E-state index >= 15 is 0 Å². The Labute approximate surface area is 168 Å². The molecule has 0 radical (unpaired) electrons. The third kappa shape index (κ3) is 3.70. The van der Waals surface area contributed by atoms with Crippen LogP contribution in [0.1, 0.15) is 55.7 Å². The van der Waals surface area contributed by atoms with Crippen LogP contribution in [0.3, 0.4) is 0 Å². The third-order valence-corrected chi connectivity index (χ3v) is 7.11. The summed E-state index contributed by atoms with van der Waals surface area (Å²) in [6.45, 7) is 3.34. The normalized spacial score (nSPS) is 29.1. The number of phenolic OH excluding ortho intramolecular Hbond substituents is 1. The van der Waals surface area contributed by atoms with Crippen molar-refractivity contribution in [1.82, 2.24) is 0 Å². The van der Waals surface area contributed by atoms with Crippen LogP contribution in [0.5, 0.6) is 5.75 Å². The van der Waals surface area contributed by atoms with E-state index in [1.165, 1.54) is 16.7 Å². The first-order valence-electron chi connectivity index (χ1n) is 10.7. The lowest BCUT2D eigenvalue weighted by Crippen LogP contribution is -2.51. The van der Waals surface area contributed by atoms with Gasteiger partial charge in [0.15, 0.2) is 0 Å². The number of hydrogen-bond donors (Lipinski definition) is 2. The summed E-state index contributed by atoms with van der Waals surface area (Å²) in [6.07, 6.45) is 6.40. The summed E-state index contributed by atoms with van der Waals surface area (Å²) in [7, 11) is 0. The lowest BCUT2D eigenvalue weighted by atomic mass is 9.52. The minimum atomic E-state index is -0.617. The zero-order valence-electron chi connectivity index (χ0n) is 16.9. The first-order valence-corrected chi connectivity index (χ1v) is 10.7. The van der Waals surface area contributed by atoms with Crippen molar-refractivity contribution >= 4 is 0 Å². The van der Waals surface area contributed by atoms with Gasteiger partial charge >= 0.3 is 0 Å². The van der Waals surface area contributed by atoms with Gasteiger partial charge in [-0.3, -0.25) is 0 Å². The van der Waals surface area contributed by atoms with Crippen molar-refractivity contribution in [3.05, 3.63) is 65.2 Å². The highest BCUT2D eigenvalue weighted by molar-refractivity contribution is 5.44. The molecule has 1 saturated carbocycles. The van der Waals surface area contributed by atoms with E-state index in [0.717, 1.165) is 44.9 Å². The summed E-state index contributed by atoms with van der Waals surface area (Å²) >= 11 is 0. The van der Waals surface area contributed by atoms with E-state index in [4.69, 9.17) is 4.74 Å². The molecule has 28 heavy (non-hydrogen) atoms. The molecule has 0 spiro atoms. The molecule has 0 amide bonds. The fourth-order valence-corrected chi connectivity index (χ4v) is 5.67. The molecule has 150 valence electrons. The van der Waals surface area contributed by atoms with E-state index in [0.29, 0.717) is 24.9 Å². The van der Waals surface area contributed by atoms with Crippen LogP contribution >= 0.6 is 0 Å². The molecule has 3 atom stereocenters. The summed E-state index contributed by atoms with van der Waals surface area (Å²) in [5.41, 5.74) is 3.45. The highest BCUT2D eigenvalue weighted by Crippen LogP contribution is 2.55. The van der Waals surface area contributed by atoms with Crippen molar-refractivity contribution in [3.8, 4) is 5.75 Å². The fourth-order valence-electron chi connectivity index (χ4n) is 5.67. The molecule has 2 aliphatic rings. The van der Waals surface area contributed by atoms with Crippen molar-refractivity contribution < 1.29 is 14.9 Å². The number of aromatic hydroxyl groups is 1. The van der Waals surface area contributed by atoms with Crippen molar-refractivity contribution in [2.24, 2.45) is 5.92 Å². The zero-order chi connectivity index (χ0) is 19.6. The van der Waals surface area contributed by atoms with Gasteiger partial charge in [0, 0.05) is 18.6 Å². The minimum absolute atomic E-state index is 0.0421. The number of rotatable bonds is 6. The van der Waals surface area contributed by atoms with Gasteiger partial charge in [-0.15, -0.1) is 0 Å².